The minimum Gasteiger partial charge on any atom is -0.384 e. The Kier molecular flexibility index (Phi) is 4.11. The normalized spacial score (nSPS) is 9.72. The van der Waals surface area contributed by atoms with E-state index >= 15 is 0 Å². The predicted molar refractivity (Wildman–Crippen MR) is 72.9 cm³/mol. The summed E-state index contributed by atoms with van der Waals surface area (Å²) in [6, 6.07) is 13.1. The summed E-state index contributed by atoms with van der Waals surface area (Å²) in [7, 11) is 0. The Labute approximate surface area is 110 Å². The molecule has 0 aliphatic carbocycles. The zero-order valence-electron chi connectivity index (χ0n) is 9.72. The van der Waals surface area contributed by atoms with E-state index in [-0.39, 0.29) is 5.78 Å². The molecule has 0 saturated carbocycles. The molecule has 0 radical (unpaired) electrons. The summed E-state index contributed by atoms with van der Waals surface area (Å²) in [5.41, 5.74) is 1.38. The van der Waals surface area contributed by atoms with Crippen LogP contribution in [-0.2, 0) is 0 Å². The third kappa shape index (κ3) is 2.96. The number of thiophene rings is 1. The number of para-hydroxylation sites is 1. The molecular weight excluding hydrogens is 244 g/mol. The molecule has 0 amide bonds. The number of rotatable bonds is 5. The quantitative estimate of drug-likeness (QED) is 0.835. The van der Waals surface area contributed by atoms with Gasteiger partial charge in [0.15, 0.2) is 5.78 Å². The Morgan fingerprint density at radius 1 is 1.28 bits per heavy atom. The average Bonchev–Trinajstić information content (AvgIpc) is 2.93. The van der Waals surface area contributed by atoms with Crippen LogP contribution in [0.15, 0.2) is 41.8 Å². The molecule has 0 atom stereocenters. The maximum absolute atomic E-state index is 11.8. The monoisotopic (exact) mass is 256 g/mol. The number of ketones is 1. The van der Waals surface area contributed by atoms with Gasteiger partial charge in [0.1, 0.15) is 6.07 Å². The molecule has 2 aromatic rings. The number of hydrogen-bond donors (Lipinski definition) is 1. The standard InChI is InChI=1S/C14H12N2OS/c15-10-11-4-1-2-5-12(11)16-8-7-13(17)14-6-3-9-18-14/h1-6,9,16H,7-8H2. The first-order valence-corrected chi connectivity index (χ1v) is 6.49. The van der Waals surface area contributed by atoms with E-state index in [9.17, 15) is 4.79 Å². The highest BCUT2D eigenvalue weighted by atomic mass is 32.1. The first-order chi connectivity index (χ1) is 8.81. The van der Waals surface area contributed by atoms with Crippen LogP contribution >= 0.6 is 11.3 Å². The molecule has 0 saturated heterocycles. The Balaban J connectivity index is 1.89. The molecule has 0 aliphatic rings. The van der Waals surface area contributed by atoms with Gasteiger partial charge < -0.3 is 5.32 Å². The lowest BCUT2D eigenvalue weighted by atomic mass is 10.2. The maximum atomic E-state index is 11.8. The van der Waals surface area contributed by atoms with Crippen molar-refractivity contribution in [2.75, 3.05) is 11.9 Å². The van der Waals surface area contributed by atoms with E-state index in [1.165, 1.54) is 11.3 Å². The van der Waals surface area contributed by atoms with E-state index in [4.69, 9.17) is 5.26 Å². The van der Waals surface area contributed by atoms with Crippen molar-refractivity contribution in [3.05, 3.63) is 52.2 Å². The Bertz CT molecular complexity index is 570. The zero-order chi connectivity index (χ0) is 12.8. The van der Waals surface area contributed by atoms with Crippen LogP contribution in [-0.4, -0.2) is 12.3 Å². The number of carbonyl (C=O) groups excluding carboxylic acids is 1. The fourth-order valence-corrected chi connectivity index (χ4v) is 2.30. The van der Waals surface area contributed by atoms with Crippen molar-refractivity contribution in [3.8, 4) is 6.07 Å². The van der Waals surface area contributed by atoms with Crippen LogP contribution in [0.4, 0.5) is 5.69 Å². The molecule has 3 nitrogen and oxygen atoms in total. The fourth-order valence-electron chi connectivity index (χ4n) is 1.61. The highest BCUT2D eigenvalue weighted by molar-refractivity contribution is 7.12. The van der Waals surface area contributed by atoms with Crippen molar-refractivity contribution in [3.63, 3.8) is 0 Å². The van der Waals surface area contributed by atoms with Crippen LogP contribution in [0.3, 0.4) is 0 Å². The van der Waals surface area contributed by atoms with Crippen molar-refractivity contribution in [1.29, 1.82) is 5.26 Å². The first kappa shape index (κ1) is 12.3. The lowest BCUT2D eigenvalue weighted by molar-refractivity contribution is 0.0990. The molecule has 1 aromatic heterocycles. The molecule has 0 spiro atoms. The van der Waals surface area contributed by atoms with E-state index in [1.54, 1.807) is 6.07 Å². The van der Waals surface area contributed by atoms with E-state index in [2.05, 4.69) is 11.4 Å². The summed E-state index contributed by atoms with van der Waals surface area (Å²) in [5, 5.41) is 13.9. The molecular formula is C14H12N2OS. The van der Waals surface area contributed by atoms with E-state index in [0.717, 1.165) is 10.6 Å². The summed E-state index contributed by atoms with van der Waals surface area (Å²) >= 11 is 1.46. The summed E-state index contributed by atoms with van der Waals surface area (Å²) in [6.07, 6.45) is 0.431. The van der Waals surface area contributed by atoms with Crippen LogP contribution in [0.25, 0.3) is 0 Å². The van der Waals surface area contributed by atoms with Crippen molar-refractivity contribution in [2.24, 2.45) is 0 Å². The van der Waals surface area contributed by atoms with Crippen LogP contribution in [0.2, 0.25) is 0 Å². The summed E-state index contributed by atoms with van der Waals surface area (Å²) in [6.45, 7) is 0.537. The van der Waals surface area contributed by atoms with Crippen molar-refractivity contribution >= 4 is 22.8 Å². The van der Waals surface area contributed by atoms with Gasteiger partial charge in [-0.25, -0.2) is 0 Å². The number of nitriles is 1. The number of anilines is 1. The molecule has 1 N–H and O–H groups in total. The summed E-state index contributed by atoms with van der Waals surface area (Å²) in [4.78, 5) is 12.5. The van der Waals surface area contributed by atoms with E-state index < -0.39 is 0 Å². The number of nitrogens with one attached hydrogen (secondary N) is 1. The Morgan fingerprint density at radius 2 is 2.11 bits per heavy atom. The highest BCUT2D eigenvalue weighted by Gasteiger charge is 2.06. The van der Waals surface area contributed by atoms with Gasteiger partial charge in [0.05, 0.1) is 16.1 Å². The van der Waals surface area contributed by atoms with E-state index in [0.29, 0.717) is 18.5 Å². The first-order valence-electron chi connectivity index (χ1n) is 5.61. The van der Waals surface area contributed by atoms with Gasteiger partial charge in [0.25, 0.3) is 0 Å². The average molecular weight is 256 g/mol. The molecule has 1 heterocycles. The number of Topliss-reactive ketones (excluding diaryl/α,β-unsaturated/α-hetero) is 1. The molecule has 90 valence electrons. The topological polar surface area (TPSA) is 52.9 Å². The Hall–Kier alpha value is -2.12. The number of benzene rings is 1. The van der Waals surface area contributed by atoms with E-state index in [1.807, 2.05) is 35.7 Å². The van der Waals surface area contributed by atoms with Crippen LogP contribution < -0.4 is 5.32 Å². The molecule has 0 aliphatic heterocycles. The maximum Gasteiger partial charge on any atom is 0.174 e. The summed E-state index contributed by atoms with van der Waals surface area (Å²) < 4.78 is 0. The molecule has 0 bridgehead atoms. The minimum atomic E-state index is 0.131. The van der Waals surface area contributed by atoms with Gasteiger partial charge in [0, 0.05) is 13.0 Å². The molecule has 0 fully saturated rings. The lowest BCUT2D eigenvalue weighted by Gasteiger charge is -2.06. The van der Waals surface area contributed by atoms with Crippen LogP contribution in [0.5, 0.6) is 0 Å². The molecule has 0 unspecified atom stereocenters. The van der Waals surface area contributed by atoms with Gasteiger partial charge in [-0.15, -0.1) is 11.3 Å². The fraction of sp³-hybridized carbons (Fsp3) is 0.143. The van der Waals surface area contributed by atoms with Gasteiger partial charge in [-0.05, 0) is 23.6 Å². The van der Waals surface area contributed by atoms with Crippen molar-refractivity contribution in [2.45, 2.75) is 6.42 Å². The third-order valence-electron chi connectivity index (χ3n) is 2.51. The Morgan fingerprint density at radius 3 is 2.83 bits per heavy atom. The SMILES string of the molecule is N#Cc1ccccc1NCCC(=O)c1cccs1. The lowest BCUT2D eigenvalue weighted by Crippen LogP contribution is -2.08. The second-order valence-electron chi connectivity index (χ2n) is 3.73. The molecule has 4 heteroatoms. The van der Waals surface area contributed by atoms with Gasteiger partial charge in [-0.3, -0.25) is 4.79 Å². The number of nitrogens with zero attached hydrogens (tertiary/aromatic N) is 1. The molecule has 2 rings (SSSR count). The zero-order valence-corrected chi connectivity index (χ0v) is 10.5. The van der Waals surface area contributed by atoms with Gasteiger partial charge in [-0.2, -0.15) is 5.26 Å². The largest absolute Gasteiger partial charge is 0.384 e. The minimum absolute atomic E-state index is 0.131. The second kappa shape index (κ2) is 5.99. The van der Waals surface area contributed by atoms with Gasteiger partial charge >= 0.3 is 0 Å². The molecule has 1 aromatic carbocycles. The van der Waals surface area contributed by atoms with Gasteiger partial charge in [0.2, 0.25) is 0 Å². The highest BCUT2D eigenvalue weighted by Crippen LogP contribution is 2.14. The third-order valence-corrected chi connectivity index (χ3v) is 3.42. The van der Waals surface area contributed by atoms with Crippen molar-refractivity contribution < 1.29 is 4.79 Å². The van der Waals surface area contributed by atoms with Gasteiger partial charge in [-0.1, -0.05) is 18.2 Å². The molecule has 18 heavy (non-hydrogen) atoms. The second-order valence-corrected chi connectivity index (χ2v) is 4.68. The number of carbonyl (C=O) groups is 1. The summed E-state index contributed by atoms with van der Waals surface area (Å²) in [5.74, 6) is 0.131. The van der Waals surface area contributed by atoms with Crippen LogP contribution in [0.1, 0.15) is 21.7 Å². The van der Waals surface area contributed by atoms with Crippen molar-refractivity contribution in [1.82, 2.24) is 0 Å². The van der Waals surface area contributed by atoms with Crippen LogP contribution in [0, 0.1) is 11.3 Å². The predicted octanol–water partition coefficient (Wildman–Crippen LogP) is 3.30. The number of hydrogen-bond acceptors (Lipinski definition) is 4. The smallest absolute Gasteiger partial charge is 0.174 e.